The van der Waals surface area contributed by atoms with Crippen molar-refractivity contribution in [3.63, 3.8) is 0 Å². The van der Waals surface area contributed by atoms with Gasteiger partial charge < -0.3 is 25.3 Å². The maximum Gasteiger partial charge on any atom is 0.269 e. The number of halogens is 1. The van der Waals surface area contributed by atoms with Crippen LogP contribution in [-0.2, 0) is 4.79 Å². The van der Waals surface area contributed by atoms with Gasteiger partial charge in [-0.05, 0) is 22.0 Å². The Kier molecular flexibility index (Phi) is 5.46. The Morgan fingerprint density at radius 2 is 2.06 bits per heavy atom. The van der Waals surface area contributed by atoms with Crippen LogP contribution in [-0.4, -0.2) is 69.6 Å². The van der Waals surface area contributed by atoms with E-state index in [-0.39, 0.29) is 18.1 Å². The molecule has 4 N–H and O–H groups in total. The number of nitrogens with zero attached hydrogens (tertiary/aromatic N) is 4. The number of aromatic amines is 2. The molecule has 0 spiro atoms. The Morgan fingerprint density at radius 3 is 2.81 bits per heavy atom. The summed E-state index contributed by atoms with van der Waals surface area (Å²) >= 11 is 3.47. The summed E-state index contributed by atoms with van der Waals surface area (Å²) in [5, 5.41) is 14.3. The Hall–Kier alpha value is -3.67. The van der Waals surface area contributed by atoms with Crippen molar-refractivity contribution in [2.45, 2.75) is 0 Å². The van der Waals surface area contributed by atoms with Gasteiger partial charge in [-0.2, -0.15) is 5.10 Å². The van der Waals surface area contributed by atoms with Crippen LogP contribution in [0.4, 0.5) is 11.5 Å². The monoisotopic (exact) mass is 486 g/mol. The molecule has 0 saturated carbocycles. The van der Waals surface area contributed by atoms with Gasteiger partial charge in [0.1, 0.15) is 29.2 Å². The first-order chi connectivity index (χ1) is 14.9. The van der Waals surface area contributed by atoms with Crippen LogP contribution in [0.1, 0.15) is 10.5 Å². The van der Waals surface area contributed by atoms with Crippen molar-refractivity contribution in [3.8, 4) is 5.75 Å². The number of aromatic nitrogens is 5. The van der Waals surface area contributed by atoms with Crippen LogP contribution in [0.3, 0.4) is 0 Å². The maximum atomic E-state index is 12.6. The summed E-state index contributed by atoms with van der Waals surface area (Å²) in [7, 11) is 4.81. The zero-order chi connectivity index (χ0) is 22.1. The fourth-order valence-corrected chi connectivity index (χ4v) is 3.66. The summed E-state index contributed by atoms with van der Waals surface area (Å²) in [6.45, 7) is -0.119. The van der Waals surface area contributed by atoms with Crippen LogP contribution in [0, 0.1) is 0 Å². The van der Waals surface area contributed by atoms with Gasteiger partial charge in [0.15, 0.2) is 0 Å². The molecule has 12 heteroatoms. The summed E-state index contributed by atoms with van der Waals surface area (Å²) in [5.41, 5.74) is 2.20. The minimum atomic E-state index is -0.441. The van der Waals surface area contributed by atoms with E-state index in [4.69, 9.17) is 4.74 Å². The molecule has 3 heterocycles. The molecule has 31 heavy (non-hydrogen) atoms. The smallest absolute Gasteiger partial charge is 0.269 e. The molecule has 1 aromatic carbocycles. The van der Waals surface area contributed by atoms with Crippen molar-refractivity contribution >= 4 is 61.2 Å². The van der Waals surface area contributed by atoms with E-state index in [0.717, 1.165) is 10.9 Å². The van der Waals surface area contributed by atoms with E-state index >= 15 is 0 Å². The van der Waals surface area contributed by atoms with Crippen LogP contribution in [0.15, 0.2) is 29.1 Å². The van der Waals surface area contributed by atoms with Crippen LogP contribution >= 0.6 is 15.9 Å². The molecule has 0 aliphatic heterocycles. The molecule has 0 fully saturated rings. The second kappa shape index (κ2) is 8.22. The number of amides is 2. The van der Waals surface area contributed by atoms with E-state index in [1.165, 1.54) is 11.2 Å². The predicted molar refractivity (Wildman–Crippen MR) is 119 cm³/mol. The number of ether oxygens (including phenoxy) is 1. The average molecular weight is 487 g/mol. The Morgan fingerprint density at radius 1 is 1.26 bits per heavy atom. The highest BCUT2D eigenvalue weighted by Gasteiger charge is 2.21. The van der Waals surface area contributed by atoms with E-state index in [0.29, 0.717) is 32.8 Å². The molecule has 0 bridgehead atoms. The van der Waals surface area contributed by atoms with Crippen molar-refractivity contribution in [2.75, 3.05) is 33.1 Å². The number of carbonyl (C=O) groups excluding carboxylic acids is 2. The second-order valence-electron chi connectivity index (χ2n) is 6.87. The molecule has 0 saturated heterocycles. The number of methoxy groups -OCH3 is 1. The third kappa shape index (κ3) is 3.89. The lowest BCUT2D eigenvalue weighted by Crippen LogP contribution is -2.36. The molecule has 11 nitrogen and oxygen atoms in total. The van der Waals surface area contributed by atoms with Crippen molar-refractivity contribution in [1.82, 2.24) is 35.4 Å². The number of nitrogens with one attached hydrogen (secondary N) is 4. The molecule has 3 aromatic heterocycles. The highest BCUT2D eigenvalue weighted by Crippen LogP contribution is 2.36. The van der Waals surface area contributed by atoms with Crippen LogP contribution in [0.2, 0.25) is 0 Å². The molecule has 2 amide bonds. The minimum Gasteiger partial charge on any atom is -0.494 e. The third-order valence-electron chi connectivity index (χ3n) is 4.67. The summed E-state index contributed by atoms with van der Waals surface area (Å²) in [5.74, 6) is 0.404. The van der Waals surface area contributed by atoms with Crippen molar-refractivity contribution in [2.24, 2.45) is 0 Å². The maximum absolute atomic E-state index is 12.6. The van der Waals surface area contributed by atoms with Crippen LogP contribution in [0.5, 0.6) is 5.75 Å². The van der Waals surface area contributed by atoms with Crippen LogP contribution < -0.4 is 15.4 Å². The molecule has 160 valence electrons. The average Bonchev–Trinajstić information content (AvgIpc) is 3.35. The number of anilines is 2. The molecule has 0 aliphatic rings. The standard InChI is InChI=1S/C19H19BrN8O3/c1-28(2)13(29)7-21-19(30)16-15(20)14-17(22-8-23-18(14)26-16)25-11-4-9-6-24-27-10(9)5-12(11)31-3/h4-6,8H,7H2,1-3H3,(H,21,30)(H,24,27)(H2,22,23,25,26). The highest BCUT2D eigenvalue weighted by atomic mass is 79.9. The van der Waals surface area contributed by atoms with Gasteiger partial charge in [-0.25, -0.2) is 9.97 Å². The summed E-state index contributed by atoms with van der Waals surface area (Å²) in [6, 6.07) is 3.71. The number of rotatable bonds is 6. The predicted octanol–water partition coefficient (Wildman–Crippen LogP) is 2.17. The van der Waals surface area contributed by atoms with Gasteiger partial charge in [-0.3, -0.25) is 14.7 Å². The topological polar surface area (TPSA) is 141 Å². The largest absolute Gasteiger partial charge is 0.494 e. The number of hydrogen-bond acceptors (Lipinski definition) is 7. The minimum absolute atomic E-state index is 0.119. The first-order valence-corrected chi connectivity index (χ1v) is 9.97. The van der Waals surface area contributed by atoms with Gasteiger partial charge in [-0.1, -0.05) is 0 Å². The third-order valence-corrected chi connectivity index (χ3v) is 5.46. The molecule has 0 atom stereocenters. The van der Waals surface area contributed by atoms with E-state index in [9.17, 15) is 9.59 Å². The number of H-pyrrole nitrogens is 2. The number of likely N-dealkylation sites (N-methyl/N-ethyl adjacent to an activating group) is 1. The van der Waals surface area contributed by atoms with Crippen LogP contribution in [0.25, 0.3) is 21.9 Å². The number of hydrogen-bond donors (Lipinski definition) is 4. The Balaban J connectivity index is 1.69. The summed E-state index contributed by atoms with van der Waals surface area (Å²) < 4.78 is 5.96. The summed E-state index contributed by atoms with van der Waals surface area (Å²) in [6.07, 6.45) is 3.09. The molecular weight excluding hydrogens is 468 g/mol. The molecule has 0 unspecified atom stereocenters. The Labute approximate surface area is 184 Å². The first-order valence-electron chi connectivity index (χ1n) is 9.17. The number of fused-ring (bicyclic) bond motifs is 2. The number of benzene rings is 1. The van der Waals surface area contributed by atoms with E-state index in [1.54, 1.807) is 27.4 Å². The SMILES string of the molecule is COc1cc2[nH]ncc2cc1Nc1ncnc2[nH]c(C(=O)NCC(=O)N(C)C)c(Br)c12. The van der Waals surface area contributed by atoms with E-state index < -0.39 is 5.91 Å². The van der Waals surface area contributed by atoms with Crippen molar-refractivity contribution < 1.29 is 14.3 Å². The molecule has 4 aromatic rings. The van der Waals surface area contributed by atoms with Gasteiger partial charge in [0.2, 0.25) is 5.91 Å². The summed E-state index contributed by atoms with van der Waals surface area (Å²) in [4.78, 5) is 37.3. The van der Waals surface area contributed by atoms with Gasteiger partial charge in [0.25, 0.3) is 5.91 Å². The number of carbonyl (C=O) groups is 2. The lowest BCUT2D eigenvalue weighted by atomic mass is 10.2. The van der Waals surface area contributed by atoms with Gasteiger partial charge >= 0.3 is 0 Å². The van der Waals surface area contributed by atoms with Crippen molar-refractivity contribution in [3.05, 3.63) is 34.8 Å². The van der Waals surface area contributed by atoms with Gasteiger partial charge in [-0.15, -0.1) is 0 Å². The van der Waals surface area contributed by atoms with Gasteiger partial charge in [0, 0.05) is 25.5 Å². The first kappa shape index (κ1) is 20.6. The fraction of sp³-hybridized carbons (Fsp3) is 0.211. The van der Waals surface area contributed by atoms with Gasteiger partial charge in [0.05, 0.1) is 40.9 Å². The van der Waals surface area contributed by atoms with E-state index in [1.807, 2.05) is 12.1 Å². The molecule has 0 radical (unpaired) electrons. The van der Waals surface area contributed by atoms with Crippen molar-refractivity contribution in [1.29, 1.82) is 0 Å². The zero-order valence-electron chi connectivity index (χ0n) is 16.9. The highest BCUT2D eigenvalue weighted by molar-refractivity contribution is 9.10. The molecular formula is C19H19BrN8O3. The lowest BCUT2D eigenvalue weighted by Gasteiger charge is -2.11. The lowest BCUT2D eigenvalue weighted by molar-refractivity contribution is -0.127. The Bertz CT molecular complexity index is 1300. The normalized spacial score (nSPS) is 11.0. The second-order valence-corrected chi connectivity index (χ2v) is 7.66. The zero-order valence-corrected chi connectivity index (χ0v) is 18.5. The fourth-order valence-electron chi connectivity index (χ4n) is 3.01. The van der Waals surface area contributed by atoms with E-state index in [2.05, 4.69) is 51.7 Å². The quantitative estimate of drug-likeness (QED) is 0.327. The molecule has 4 rings (SSSR count). The molecule has 0 aliphatic carbocycles.